The maximum Gasteiger partial charge on any atom is 0.227 e. The van der Waals surface area contributed by atoms with Gasteiger partial charge in [-0.3, -0.25) is 9.69 Å². The summed E-state index contributed by atoms with van der Waals surface area (Å²) in [7, 11) is 0. The Morgan fingerprint density at radius 1 is 1.19 bits per heavy atom. The normalized spacial score (nSPS) is 20.8. The van der Waals surface area contributed by atoms with Crippen molar-refractivity contribution in [3.63, 3.8) is 0 Å². The third-order valence-electron chi connectivity index (χ3n) is 5.63. The minimum absolute atomic E-state index is 0.0680. The Labute approximate surface area is 155 Å². The lowest BCUT2D eigenvalue weighted by molar-refractivity contribution is -0.122. The van der Waals surface area contributed by atoms with Gasteiger partial charge in [0.2, 0.25) is 11.8 Å². The molecule has 3 rings (SSSR count). The molecule has 2 aliphatic rings. The Morgan fingerprint density at radius 2 is 1.96 bits per heavy atom. The van der Waals surface area contributed by atoms with E-state index in [2.05, 4.69) is 27.3 Å². The van der Waals surface area contributed by atoms with Gasteiger partial charge >= 0.3 is 0 Å². The van der Waals surface area contributed by atoms with Gasteiger partial charge in [0.15, 0.2) is 5.82 Å². The average Bonchev–Trinajstić information content (AvgIpc) is 3.14. The van der Waals surface area contributed by atoms with Gasteiger partial charge in [-0.15, -0.1) is 0 Å². The zero-order chi connectivity index (χ0) is 18.2. The van der Waals surface area contributed by atoms with Crippen molar-refractivity contribution in [3.05, 3.63) is 11.7 Å². The molecular weight excluding hydrogens is 332 g/mol. The summed E-state index contributed by atoms with van der Waals surface area (Å²) >= 11 is 0. The van der Waals surface area contributed by atoms with Crippen molar-refractivity contribution in [2.24, 2.45) is 0 Å². The van der Waals surface area contributed by atoms with E-state index in [-0.39, 0.29) is 11.4 Å². The largest absolute Gasteiger partial charge is 0.379 e. The SMILES string of the molecule is CCCc1noc(CCC(=O)NCC2(N3CCOCC3)CCCCC2)n1. The molecule has 0 radical (unpaired) electrons. The van der Waals surface area contributed by atoms with E-state index in [1.807, 2.05) is 0 Å². The number of carbonyl (C=O) groups excluding carboxylic acids is 1. The highest BCUT2D eigenvalue weighted by molar-refractivity contribution is 5.76. The minimum Gasteiger partial charge on any atom is -0.379 e. The van der Waals surface area contributed by atoms with Crippen LogP contribution < -0.4 is 5.32 Å². The summed E-state index contributed by atoms with van der Waals surface area (Å²) in [5, 5.41) is 7.12. The number of hydrogen-bond donors (Lipinski definition) is 1. The van der Waals surface area contributed by atoms with Crippen LogP contribution in [0, 0.1) is 0 Å². The Balaban J connectivity index is 1.48. The number of ether oxygens (including phenoxy) is 1. The first-order valence-electron chi connectivity index (χ1n) is 10.1. The predicted molar refractivity (Wildman–Crippen MR) is 97.8 cm³/mol. The third kappa shape index (κ3) is 5.04. The fraction of sp³-hybridized carbons (Fsp3) is 0.842. The molecular formula is C19H32N4O3. The average molecular weight is 364 g/mol. The highest BCUT2D eigenvalue weighted by Crippen LogP contribution is 2.33. The molecule has 2 fully saturated rings. The summed E-state index contributed by atoms with van der Waals surface area (Å²) in [5.74, 6) is 1.36. The van der Waals surface area contributed by atoms with Crippen LogP contribution in [0.5, 0.6) is 0 Å². The number of morpholine rings is 1. The second-order valence-corrected chi connectivity index (χ2v) is 7.52. The molecule has 26 heavy (non-hydrogen) atoms. The molecule has 1 aliphatic heterocycles. The van der Waals surface area contributed by atoms with Crippen molar-refractivity contribution in [2.75, 3.05) is 32.8 Å². The van der Waals surface area contributed by atoms with E-state index in [1.54, 1.807) is 0 Å². The van der Waals surface area contributed by atoms with Gasteiger partial charge in [0, 0.05) is 44.4 Å². The van der Waals surface area contributed by atoms with Crippen molar-refractivity contribution >= 4 is 5.91 Å². The Morgan fingerprint density at radius 3 is 2.69 bits per heavy atom. The van der Waals surface area contributed by atoms with E-state index < -0.39 is 0 Å². The van der Waals surface area contributed by atoms with E-state index in [9.17, 15) is 4.79 Å². The smallest absolute Gasteiger partial charge is 0.227 e. The van der Waals surface area contributed by atoms with E-state index >= 15 is 0 Å². The highest BCUT2D eigenvalue weighted by atomic mass is 16.5. The predicted octanol–water partition coefficient (Wildman–Crippen LogP) is 2.11. The van der Waals surface area contributed by atoms with Crippen molar-refractivity contribution < 1.29 is 14.1 Å². The molecule has 0 aromatic carbocycles. The van der Waals surface area contributed by atoms with Gasteiger partial charge in [-0.2, -0.15) is 4.98 Å². The number of carbonyl (C=O) groups is 1. The van der Waals surface area contributed by atoms with Crippen LogP contribution >= 0.6 is 0 Å². The van der Waals surface area contributed by atoms with Crippen LogP contribution in [-0.4, -0.2) is 59.3 Å². The molecule has 2 heterocycles. The second-order valence-electron chi connectivity index (χ2n) is 7.52. The molecule has 1 aliphatic carbocycles. The van der Waals surface area contributed by atoms with Gasteiger partial charge in [0.25, 0.3) is 0 Å². The Kier molecular flexibility index (Phi) is 7.02. The lowest BCUT2D eigenvalue weighted by atomic mass is 9.79. The lowest BCUT2D eigenvalue weighted by Crippen LogP contribution is -2.59. The number of aromatic nitrogens is 2. The van der Waals surface area contributed by atoms with Crippen molar-refractivity contribution in [3.8, 4) is 0 Å². The van der Waals surface area contributed by atoms with Crippen LogP contribution in [0.3, 0.4) is 0 Å². The maximum absolute atomic E-state index is 12.4. The van der Waals surface area contributed by atoms with Crippen LogP contribution in [0.25, 0.3) is 0 Å². The van der Waals surface area contributed by atoms with Crippen LogP contribution in [-0.2, 0) is 22.4 Å². The van der Waals surface area contributed by atoms with Gasteiger partial charge in [0.1, 0.15) is 0 Å². The van der Waals surface area contributed by atoms with Crippen molar-refractivity contribution in [2.45, 2.75) is 70.3 Å². The zero-order valence-corrected chi connectivity index (χ0v) is 16.0. The maximum atomic E-state index is 12.4. The van der Waals surface area contributed by atoms with Crippen molar-refractivity contribution in [1.82, 2.24) is 20.4 Å². The molecule has 7 heteroatoms. The fourth-order valence-electron chi connectivity index (χ4n) is 4.14. The van der Waals surface area contributed by atoms with Crippen molar-refractivity contribution in [1.29, 1.82) is 0 Å². The fourth-order valence-corrected chi connectivity index (χ4v) is 4.14. The molecule has 1 saturated heterocycles. The van der Waals surface area contributed by atoms with Gasteiger partial charge in [-0.1, -0.05) is 31.3 Å². The van der Waals surface area contributed by atoms with Gasteiger partial charge < -0.3 is 14.6 Å². The second kappa shape index (κ2) is 9.46. The zero-order valence-electron chi connectivity index (χ0n) is 16.0. The number of hydrogen-bond acceptors (Lipinski definition) is 6. The summed E-state index contributed by atoms with van der Waals surface area (Å²) in [6, 6.07) is 0. The van der Waals surface area contributed by atoms with Crippen LogP contribution in [0.1, 0.15) is 63.6 Å². The van der Waals surface area contributed by atoms with Gasteiger partial charge in [0.05, 0.1) is 13.2 Å². The molecule has 1 saturated carbocycles. The molecule has 146 valence electrons. The molecule has 0 atom stereocenters. The van der Waals surface area contributed by atoms with E-state index in [0.717, 1.165) is 64.4 Å². The molecule has 7 nitrogen and oxygen atoms in total. The monoisotopic (exact) mass is 364 g/mol. The van der Waals surface area contributed by atoms with E-state index in [1.165, 1.54) is 19.3 Å². The summed E-state index contributed by atoms with van der Waals surface area (Å²) in [4.78, 5) is 19.2. The molecule has 0 spiro atoms. The first-order chi connectivity index (χ1) is 12.7. The topological polar surface area (TPSA) is 80.5 Å². The summed E-state index contributed by atoms with van der Waals surface area (Å²) < 4.78 is 10.7. The molecule has 0 bridgehead atoms. The summed E-state index contributed by atoms with van der Waals surface area (Å²) in [6.45, 7) is 6.35. The van der Waals surface area contributed by atoms with E-state index in [4.69, 9.17) is 9.26 Å². The number of nitrogens with one attached hydrogen (secondary N) is 1. The molecule has 1 amide bonds. The lowest BCUT2D eigenvalue weighted by Gasteiger charge is -2.48. The van der Waals surface area contributed by atoms with Crippen LogP contribution in [0.4, 0.5) is 0 Å². The third-order valence-corrected chi connectivity index (χ3v) is 5.63. The van der Waals surface area contributed by atoms with Crippen LogP contribution in [0.2, 0.25) is 0 Å². The quantitative estimate of drug-likeness (QED) is 0.761. The molecule has 1 aromatic heterocycles. The Hall–Kier alpha value is -1.47. The van der Waals surface area contributed by atoms with Gasteiger partial charge in [-0.05, 0) is 19.3 Å². The number of amides is 1. The highest BCUT2D eigenvalue weighted by Gasteiger charge is 2.38. The summed E-state index contributed by atoms with van der Waals surface area (Å²) in [5.41, 5.74) is 0.108. The molecule has 0 unspecified atom stereocenters. The standard InChI is InChI=1S/C19H32N4O3/c1-2-6-16-21-18(26-22-16)8-7-17(24)20-15-19(9-4-3-5-10-19)23-11-13-25-14-12-23/h2-15H2,1H3,(H,20,24). The van der Waals surface area contributed by atoms with Crippen LogP contribution in [0.15, 0.2) is 4.52 Å². The number of rotatable bonds is 8. The summed E-state index contributed by atoms with van der Waals surface area (Å²) in [6.07, 6.45) is 8.83. The minimum atomic E-state index is 0.0680. The van der Waals surface area contributed by atoms with E-state index in [0.29, 0.717) is 18.7 Å². The van der Waals surface area contributed by atoms with Gasteiger partial charge in [-0.25, -0.2) is 0 Å². The first kappa shape index (κ1) is 19.3. The number of aryl methyl sites for hydroxylation is 2. The molecule has 1 N–H and O–H groups in total. The molecule has 1 aromatic rings. The number of nitrogens with zero attached hydrogens (tertiary/aromatic N) is 3. The first-order valence-corrected chi connectivity index (χ1v) is 10.1. The Bertz CT molecular complexity index is 563.